The van der Waals surface area contributed by atoms with E-state index in [0.717, 1.165) is 39.0 Å². The number of aromatic nitrogens is 4. The Morgan fingerprint density at radius 2 is 1.94 bits per heavy atom. The number of nitrogens with one attached hydrogen (secondary N) is 2. The van der Waals surface area contributed by atoms with E-state index >= 15 is 0 Å². The summed E-state index contributed by atoms with van der Waals surface area (Å²) in [6.07, 6.45) is 0.754. The van der Waals surface area contributed by atoms with Crippen molar-refractivity contribution in [1.82, 2.24) is 25.1 Å². The van der Waals surface area contributed by atoms with Crippen molar-refractivity contribution in [3.05, 3.63) is 57.3 Å². The van der Waals surface area contributed by atoms with Crippen molar-refractivity contribution >= 4 is 68.4 Å². The topological polar surface area (TPSA) is 93.4 Å². The minimum atomic E-state index is -0.445. The van der Waals surface area contributed by atoms with Gasteiger partial charge in [-0.2, -0.15) is 9.61 Å². The summed E-state index contributed by atoms with van der Waals surface area (Å²) in [7, 11) is 1.45. The summed E-state index contributed by atoms with van der Waals surface area (Å²) >= 11 is 19.0. The van der Waals surface area contributed by atoms with Gasteiger partial charge in [0.2, 0.25) is 4.96 Å². The predicted octanol–water partition coefficient (Wildman–Crippen LogP) is 5.17. The summed E-state index contributed by atoms with van der Waals surface area (Å²) < 4.78 is 6.87. The Bertz CT molecular complexity index is 1360. The molecule has 2 heterocycles. The molecule has 4 rings (SSSR count). The van der Waals surface area contributed by atoms with Crippen LogP contribution in [0.4, 0.5) is 5.69 Å². The van der Waals surface area contributed by atoms with E-state index in [2.05, 4.69) is 25.9 Å². The van der Waals surface area contributed by atoms with Gasteiger partial charge in [-0.1, -0.05) is 41.5 Å². The fraction of sp³-hybridized carbons (Fsp3) is 0.190. The maximum atomic E-state index is 12.6. The van der Waals surface area contributed by atoms with Crippen LogP contribution in [0, 0.1) is 6.92 Å². The van der Waals surface area contributed by atoms with Gasteiger partial charge < -0.3 is 10.1 Å². The first-order chi connectivity index (χ1) is 15.8. The third-order valence-electron chi connectivity index (χ3n) is 4.78. The van der Waals surface area contributed by atoms with Crippen molar-refractivity contribution in [2.75, 3.05) is 12.4 Å². The Labute approximate surface area is 208 Å². The molecular formula is C21H18Cl2N6O2S2. The minimum Gasteiger partial charge on any atom is -0.494 e. The quantitative estimate of drug-likeness (QED) is 0.350. The lowest BCUT2D eigenvalue weighted by Gasteiger charge is -2.13. The lowest BCUT2D eigenvalue weighted by atomic mass is 10.1. The second kappa shape index (κ2) is 9.60. The normalized spacial score (nSPS) is 10.9. The highest BCUT2D eigenvalue weighted by atomic mass is 35.5. The van der Waals surface area contributed by atoms with Crippen LogP contribution < -0.4 is 15.4 Å². The molecule has 2 aromatic heterocycles. The van der Waals surface area contributed by atoms with Gasteiger partial charge in [0.25, 0.3) is 5.91 Å². The van der Waals surface area contributed by atoms with Crippen molar-refractivity contribution in [3.63, 3.8) is 0 Å². The van der Waals surface area contributed by atoms with Crippen LogP contribution in [0.25, 0.3) is 15.5 Å². The summed E-state index contributed by atoms with van der Waals surface area (Å²) in [6.45, 7) is 3.95. The molecule has 170 valence electrons. The fourth-order valence-electron chi connectivity index (χ4n) is 3.15. The summed E-state index contributed by atoms with van der Waals surface area (Å²) in [5.74, 6) is 0.685. The number of hydrogen-bond donors (Lipinski definition) is 2. The number of amides is 1. The van der Waals surface area contributed by atoms with E-state index in [1.54, 1.807) is 4.52 Å². The van der Waals surface area contributed by atoms with E-state index in [9.17, 15) is 4.79 Å². The van der Waals surface area contributed by atoms with Gasteiger partial charge in [0.1, 0.15) is 5.01 Å². The first-order valence-electron chi connectivity index (χ1n) is 9.78. The Morgan fingerprint density at radius 3 is 2.58 bits per heavy atom. The summed E-state index contributed by atoms with van der Waals surface area (Å²) in [5.41, 5.74) is 2.90. The first-order valence-corrected chi connectivity index (χ1v) is 11.8. The number of aryl methyl sites for hydroxylation is 2. The van der Waals surface area contributed by atoms with Gasteiger partial charge in [0, 0.05) is 23.2 Å². The van der Waals surface area contributed by atoms with E-state index in [-0.39, 0.29) is 20.7 Å². The molecular weight excluding hydrogens is 503 g/mol. The van der Waals surface area contributed by atoms with Gasteiger partial charge in [-0.05, 0) is 55.0 Å². The average molecular weight is 521 g/mol. The lowest BCUT2D eigenvalue weighted by molar-refractivity contribution is 0.0977. The number of carbonyl (C=O) groups excluding carboxylic acids is 1. The number of thiocarbonyl (C=S) groups is 1. The maximum absolute atomic E-state index is 12.6. The molecule has 0 aliphatic heterocycles. The Kier molecular flexibility index (Phi) is 6.80. The monoisotopic (exact) mass is 520 g/mol. The molecule has 0 fully saturated rings. The summed E-state index contributed by atoms with van der Waals surface area (Å²) in [4.78, 5) is 13.3. The molecule has 0 spiro atoms. The standard InChI is InChI=1S/C21H18Cl2N6O2S2/c1-4-16-26-27-21-29(16)28-19(33-21)11-5-6-15(10(2)7-11)24-20(32)25-18(30)12-8-13(22)17(31-3)14(23)9-12/h5-9H,4H2,1-3H3,(H2,24,25,30,32). The molecule has 0 saturated heterocycles. The molecule has 1 amide bonds. The zero-order chi connectivity index (χ0) is 23.7. The van der Waals surface area contributed by atoms with E-state index in [1.165, 1.54) is 30.6 Å². The van der Waals surface area contributed by atoms with E-state index < -0.39 is 5.91 Å². The Morgan fingerprint density at radius 1 is 1.21 bits per heavy atom. The van der Waals surface area contributed by atoms with Gasteiger partial charge >= 0.3 is 0 Å². The molecule has 0 aliphatic carbocycles. The number of methoxy groups -OCH3 is 1. The molecule has 2 N–H and O–H groups in total. The van der Waals surface area contributed by atoms with Crippen molar-refractivity contribution < 1.29 is 9.53 Å². The van der Waals surface area contributed by atoms with E-state index in [1.807, 2.05) is 32.0 Å². The number of ether oxygens (including phenoxy) is 1. The molecule has 33 heavy (non-hydrogen) atoms. The van der Waals surface area contributed by atoms with Gasteiger partial charge in [-0.25, -0.2) is 0 Å². The van der Waals surface area contributed by atoms with Crippen molar-refractivity contribution in [2.45, 2.75) is 20.3 Å². The summed E-state index contributed by atoms with van der Waals surface area (Å²) in [5, 5.41) is 20.0. The molecule has 0 unspecified atom stereocenters. The number of rotatable bonds is 5. The third-order valence-corrected chi connectivity index (χ3v) is 6.50. The Balaban J connectivity index is 1.47. The number of anilines is 1. The lowest BCUT2D eigenvalue weighted by Crippen LogP contribution is -2.34. The molecule has 4 aromatic rings. The number of hydrogen-bond acceptors (Lipinski definition) is 7. The largest absolute Gasteiger partial charge is 0.494 e. The highest BCUT2D eigenvalue weighted by molar-refractivity contribution is 7.80. The van der Waals surface area contributed by atoms with Gasteiger partial charge in [0.15, 0.2) is 16.7 Å². The first kappa shape index (κ1) is 23.4. The van der Waals surface area contributed by atoms with Crippen LogP contribution >= 0.6 is 46.8 Å². The highest BCUT2D eigenvalue weighted by Crippen LogP contribution is 2.34. The van der Waals surface area contributed by atoms with Crippen LogP contribution in [0.5, 0.6) is 5.75 Å². The highest BCUT2D eigenvalue weighted by Gasteiger charge is 2.16. The van der Waals surface area contributed by atoms with Crippen LogP contribution in [0.1, 0.15) is 28.7 Å². The molecule has 2 aromatic carbocycles. The molecule has 12 heteroatoms. The molecule has 0 radical (unpaired) electrons. The summed E-state index contributed by atoms with van der Waals surface area (Å²) in [6, 6.07) is 8.74. The second-order valence-corrected chi connectivity index (χ2v) is 9.16. The van der Waals surface area contributed by atoms with Crippen LogP contribution in [0.15, 0.2) is 30.3 Å². The molecule has 0 bridgehead atoms. The molecule has 0 saturated carbocycles. The smallest absolute Gasteiger partial charge is 0.257 e. The number of fused-ring (bicyclic) bond motifs is 1. The predicted molar refractivity (Wildman–Crippen MR) is 135 cm³/mol. The molecule has 8 nitrogen and oxygen atoms in total. The van der Waals surface area contributed by atoms with Crippen LogP contribution in [0.2, 0.25) is 10.0 Å². The number of benzene rings is 2. The van der Waals surface area contributed by atoms with Crippen LogP contribution in [0.3, 0.4) is 0 Å². The molecule has 0 aliphatic rings. The number of nitrogens with zero attached hydrogens (tertiary/aromatic N) is 4. The van der Waals surface area contributed by atoms with Crippen molar-refractivity contribution in [1.29, 1.82) is 0 Å². The van der Waals surface area contributed by atoms with Gasteiger partial charge in [-0.15, -0.1) is 10.2 Å². The SMILES string of the molecule is CCc1nnc2sc(-c3ccc(NC(=S)NC(=O)c4cc(Cl)c(OC)c(Cl)c4)c(C)c3)nn12. The van der Waals surface area contributed by atoms with Gasteiger partial charge in [0.05, 0.1) is 17.2 Å². The van der Waals surface area contributed by atoms with Gasteiger partial charge in [-0.3, -0.25) is 10.1 Å². The van der Waals surface area contributed by atoms with Crippen molar-refractivity contribution in [3.8, 4) is 16.3 Å². The maximum Gasteiger partial charge on any atom is 0.257 e. The number of halogens is 2. The average Bonchev–Trinajstić information content (AvgIpc) is 3.35. The zero-order valence-electron chi connectivity index (χ0n) is 17.8. The Hall–Kier alpha value is -2.79. The van der Waals surface area contributed by atoms with E-state index in [4.69, 9.17) is 40.2 Å². The van der Waals surface area contributed by atoms with Crippen LogP contribution in [-0.4, -0.2) is 37.9 Å². The second-order valence-electron chi connectivity index (χ2n) is 6.98. The number of carbonyl (C=O) groups is 1. The van der Waals surface area contributed by atoms with Crippen LogP contribution in [-0.2, 0) is 6.42 Å². The molecule has 0 atom stereocenters. The zero-order valence-corrected chi connectivity index (χ0v) is 20.9. The van der Waals surface area contributed by atoms with E-state index in [0.29, 0.717) is 5.75 Å². The van der Waals surface area contributed by atoms with Crippen molar-refractivity contribution in [2.24, 2.45) is 0 Å². The third kappa shape index (κ3) is 4.79. The minimum absolute atomic E-state index is 0.144. The fourth-order valence-corrected chi connectivity index (χ4v) is 4.84.